The second kappa shape index (κ2) is 7.44. The van der Waals surface area contributed by atoms with Crippen molar-refractivity contribution in [3.8, 4) is 0 Å². The monoisotopic (exact) mass is 197 g/mol. The highest BCUT2D eigenvalue weighted by Gasteiger charge is 2.07. The van der Waals surface area contributed by atoms with E-state index in [1.54, 1.807) is 20.9 Å². The van der Waals surface area contributed by atoms with Gasteiger partial charge in [0.1, 0.15) is 11.6 Å². The fourth-order valence-electron chi connectivity index (χ4n) is 1.12. The van der Waals surface area contributed by atoms with Gasteiger partial charge in [-0.3, -0.25) is 4.79 Å². The molecule has 0 saturated carbocycles. The molecule has 0 unspecified atom stereocenters. The molecule has 1 atom stereocenters. The number of nitrogens with one attached hydrogen (secondary N) is 1. The Kier molecular flexibility index (Phi) is 6.93. The Hall–Kier alpha value is -0.960. The van der Waals surface area contributed by atoms with Gasteiger partial charge in [-0.1, -0.05) is 12.2 Å². The molecule has 0 saturated heterocycles. The molecule has 0 aromatic carbocycles. The fourth-order valence-corrected chi connectivity index (χ4v) is 1.12. The van der Waals surface area contributed by atoms with Crippen molar-refractivity contribution in [2.45, 2.75) is 39.2 Å². The lowest BCUT2D eigenvalue weighted by atomic mass is 10.1. The zero-order valence-electron chi connectivity index (χ0n) is 9.17. The van der Waals surface area contributed by atoms with Crippen LogP contribution in [0, 0.1) is 0 Å². The van der Waals surface area contributed by atoms with Crippen LogP contribution in [0.25, 0.3) is 0 Å². The van der Waals surface area contributed by atoms with E-state index in [2.05, 4.69) is 5.32 Å². The quantitative estimate of drug-likeness (QED) is 0.629. The van der Waals surface area contributed by atoms with Gasteiger partial charge in [0.2, 0.25) is 0 Å². The van der Waals surface area contributed by atoms with Gasteiger partial charge in [-0.05, 0) is 33.7 Å². The SMILES string of the molecule is CN[C@@H](CC=CCCC(C)=O)C(C)=O. The van der Waals surface area contributed by atoms with E-state index in [-0.39, 0.29) is 17.6 Å². The molecule has 0 aromatic heterocycles. The van der Waals surface area contributed by atoms with Gasteiger partial charge in [-0.15, -0.1) is 0 Å². The number of carbonyl (C=O) groups excluding carboxylic acids is 2. The smallest absolute Gasteiger partial charge is 0.146 e. The maximum absolute atomic E-state index is 11.0. The van der Waals surface area contributed by atoms with Crippen LogP contribution >= 0.6 is 0 Å². The van der Waals surface area contributed by atoms with Gasteiger partial charge in [0.25, 0.3) is 0 Å². The van der Waals surface area contributed by atoms with Crippen LogP contribution in [0.1, 0.15) is 33.1 Å². The number of rotatable bonds is 7. The van der Waals surface area contributed by atoms with Crippen LogP contribution in [0.3, 0.4) is 0 Å². The molecule has 0 aliphatic heterocycles. The van der Waals surface area contributed by atoms with Crippen LogP contribution in [0.4, 0.5) is 0 Å². The normalized spacial score (nSPS) is 13.1. The third-order valence-electron chi connectivity index (χ3n) is 2.04. The third kappa shape index (κ3) is 6.54. The Labute approximate surface area is 85.6 Å². The van der Waals surface area contributed by atoms with E-state index >= 15 is 0 Å². The second-order valence-electron chi connectivity index (χ2n) is 3.40. The van der Waals surface area contributed by atoms with E-state index in [0.29, 0.717) is 12.8 Å². The molecule has 0 aliphatic carbocycles. The highest BCUT2D eigenvalue weighted by Crippen LogP contribution is 1.98. The lowest BCUT2D eigenvalue weighted by Gasteiger charge is -2.08. The Morgan fingerprint density at radius 2 is 1.93 bits per heavy atom. The van der Waals surface area contributed by atoms with Gasteiger partial charge >= 0.3 is 0 Å². The highest BCUT2D eigenvalue weighted by molar-refractivity contribution is 5.81. The standard InChI is InChI=1S/C11H19NO2/c1-9(13)7-5-4-6-8-11(12-3)10(2)14/h4,6,11-12H,5,7-8H2,1-3H3/t11-/m0/s1. The Balaban J connectivity index is 3.68. The minimum Gasteiger partial charge on any atom is -0.310 e. The molecule has 3 heteroatoms. The molecule has 14 heavy (non-hydrogen) atoms. The summed E-state index contributed by atoms with van der Waals surface area (Å²) in [5.74, 6) is 0.343. The summed E-state index contributed by atoms with van der Waals surface area (Å²) in [4.78, 5) is 21.6. The number of likely N-dealkylation sites (N-methyl/N-ethyl adjacent to an activating group) is 1. The third-order valence-corrected chi connectivity index (χ3v) is 2.04. The molecule has 0 rings (SSSR count). The maximum atomic E-state index is 11.0. The van der Waals surface area contributed by atoms with Crippen LogP contribution in [0.15, 0.2) is 12.2 Å². The predicted octanol–water partition coefficient (Wildman–Crippen LogP) is 1.48. The fraction of sp³-hybridized carbons (Fsp3) is 0.636. The van der Waals surface area contributed by atoms with Gasteiger partial charge in [0, 0.05) is 6.42 Å². The van der Waals surface area contributed by atoms with Crippen LogP contribution in [-0.2, 0) is 9.59 Å². The van der Waals surface area contributed by atoms with Crippen LogP contribution < -0.4 is 5.32 Å². The van der Waals surface area contributed by atoms with Crippen molar-refractivity contribution in [2.75, 3.05) is 7.05 Å². The molecule has 0 bridgehead atoms. The van der Waals surface area contributed by atoms with Crippen molar-refractivity contribution in [3.63, 3.8) is 0 Å². The first-order chi connectivity index (χ1) is 6.57. The molecule has 0 radical (unpaired) electrons. The number of carbonyl (C=O) groups is 2. The average Bonchev–Trinajstić information content (AvgIpc) is 2.10. The molecule has 80 valence electrons. The van der Waals surface area contributed by atoms with E-state index in [1.807, 2.05) is 12.2 Å². The lowest BCUT2D eigenvalue weighted by molar-refractivity contribution is -0.119. The summed E-state index contributed by atoms with van der Waals surface area (Å²) in [5.41, 5.74) is 0. The zero-order valence-corrected chi connectivity index (χ0v) is 9.17. The summed E-state index contributed by atoms with van der Waals surface area (Å²) in [5, 5.41) is 2.93. The van der Waals surface area contributed by atoms with Crippen molar-refractivity contribution in [2.24, 2.45) is 0 Å². The van der Waals surface area contributed by atoms with E-state index in [0.717, 1.165) is 6.42 Å². The molecule has 3 nitrogen and oxygen atoms in total. The number of ketones is 2. The van der Waals surface area contributed by atoms with E-state index in [9.17, 15) is 9.59 Å². The molecule has 0 aromatic rings. The number of hydrogen-bond acceptors (Lipinski definition) is 3. The summed E-state index contributed by atoms with van der Waals surface area (Å²) in [6, 6.07) is -0.0939. The Morgan fingerprint density at radius 3 is 2.36 bits per heavy atom. The van der Waals surface area contributed by atoms with Crippen molar-refractivity contribution in [3.05, 3.63) is 12.2 Å². The minimum absolute atomic E-state index is 0.0939. The van der Waals surface area contributed by atoms with E-state index in [1.165, 1.54) is 0 Å². The molecule has 0 fully saturated rings. The average molecular weight is 197 g/mol. The minimum atomic E-state index is -0.0939. The first-order valence-electron chi connectivity index (χ1n) is 4.90. The second-order valence-corrected chi connectivity index (χ2v) is 3.40. The number of allylic oxidation sites excluding steroid dienone is 1. The summed E-state index contributed by atoms with van der Waals surface area (Å²) < 4.78 is 0. The predicted molar refractivity (Wildman–Crippen MR) is 57.2 cm³/mol. The zero-order chi connectivity index (χ0) is 11.0. The Bertz CT molecular complexity index is 221. The largest absolute Gasteiger partial charge is 0.310 e. The molecule has 0 heterocycles. The van der Waals surface area contributed by atoms with E-state index in [4.69, 9.17) is 0 Å². The van der Waals surface area contributed by atoms with Gasteiger partial charge < -0.3 is 10.1 Å². The molecular formula is C11H19NO2. The lowest BCUT2D eigenvalue weighted by Crippen LogP contribution is -2.31. The van der Waals surface area contributed by atoms with Gasteiger partial charge in [0.05, 0.1) is 6.04 Å². The van der Waals surface area contributed by atoms with Crippen molar-refractivity contribution < 1.29 is 9.59 Å². The highest BCUT2D eigenvalue weighted by atomic mass is 16.1. The molecule has 0 aliphatic rings. The number of hydrogen-bond donors (Lipinski definition) is 1. The first-order valence-corrected chi connectivity index (χ1v) is 4.90. The maximum Gasteiger partial charge on any atom is 0.146 e. The summed E-state index contributed by atoms with van der Waals surface area (Å²) >= 11 is 0. The number of Topliss-reactive ketones (excluding diaryl/α,β-unsaturated/α-hetero) is 2. The summed E-state index contributed by atoms with van der Waals surface area (Å²) in [6.45, 7) is 3.16. The van der Waals surface area contributed by atoms with E-state index < -0.39 is 0 Å². The topological polar surface area (TPSA) is 46.2 Å². The van der Waals surface area contributed by atoms with Crippen LogP contribution in [-0.4, -0.2) is 24.7 Å². The van der Waals surface area contributed by atoms with Gasteiger partial charge in [-0.2, -0.15) is 0 Å². The molecule has 0 spiro atoms. The Morgan fingerprint density at radius 1 is 1.29 bits per heavy atom. The van der Waals surface area contributed by atoms with Crippen LogP contribution in [0.5, 0.6) is 0 Å². The van der Waals surface area contributed by atoms with Crippen LogP contribution in [0.2, 0.25) is 0 Å². The molecule has 1 N–H and O–H groups in total. The summed E-state index contributed by atoms with van der Waals surface area (Å²) in [7, 11) is 1.77. The first kappa shape index (κ1) is 13.0. The van der Waals surface area contributed by atoms with Gasteiger partial charge in [-0.25, -0.2) is 0 Å². The van der Waals surface area contributed by atoms with Gasteiger partial charge in [0.15, 0.2) is 0 Å². The van der Waals surface area contributed by atoms with Crippen molar-refractivity contribution in [1.29, 1.82) is 0 Å². The van der Waals surface area contributed by atoms with Crippen molar-refractivity contribution in [1.82, 2.24) is 5.32 Å². The molecule has 0 amide bonds. The van der Waals surface area contributed by atoms with Crippen molar-refractivity contribution >= 4 is 11.6 Å². The summed E-state index contributed by atoms with van der Waals surface area (Å²) in [6.07, 6.45) is 5.95. The molecular weight excluding hydrogens is 178 g/mol.